The summed E-state index contributed by atoms with van der Waals surface area (Å²) in [5.74, 6) is -2.01. The molecule has 6 rings (SSSR count). The van der Waals surface area contributed by atoms with Crippen LogP contribution in [-0.2, 0) is 18.9 Å². The zero-order valence-electron chi connectivity index (χ0n) is 27.5. The topological polar surface area (TPSA) is 308 Å². The molecule has 3 fully saturated rings. The van der Waals surface area contributed by atoms with Gasteiger partial charge in [0.25, 0.3) is 0 Å². The average Bonchev–Trinajstić information content (AvgIpc) is 3.11. The lowest BCUT2D eigenvalue weighted by atomic mass is 9.98. The first-order valence-corrected chi connectivity index (χ1v) is 16.2. The van der Waals surface area contributed by atoms with Gasteiger partial charge in [-0.25, -0.2) is 0 Å². The minimum atomic E-state index is -1.98. The van der Waals surface area contributed by atoms with E-state index in [0.717, 1.165) is 6.07 Å². The van der Waals surface area contributed by atoms with Gasteiger partial charge in [-0.05, 0) is 38.1 Å². The van der Waals surface area contributed by atoms with Crippen molar-refractivity contribution in [2.24, 2.45) is 0 Å². The summed E-state index contributed by atoms with van der Waals surface area (Å²) in [7, 11) is 0. The summed E-state index contributed by atoms with van der Waals surface area (Å²) in [6.07, 6.45) is -23.5. The average molecular weight is 741 g/mol. The Morgan fingerprint density at radius 1 is 0.635 bits per heavy atom. The first kappa shape index (κ1) is 38.1. The molecule has 3 saturated heterocycles. The summed E-state index contributed by atoms with van der Waals surface area (Å²) < 4.78 is 39.5. The van der Waals surface area contributed by atoms with Crippen molar-refractivity contribution in [3.8, 4) is 34.3 Å². The maximum Gasteiger partial charge on any atom is 0.239 e. The molecule has 52 heavy (non-hydrogen) atoms. The lowest BCUT2D eigenvalue weighted by Crippen LogP contribution is -2.61. The van der Waals surface area contributed by atoms with Gasteiger partial charge in [-0.3, -0.25) is 4.79 Å². The highest BCUT2D eigenvalue weighted by Crippen LogP contribution is 2.38. The molecule has 0 radical (unpaired) electrons. The number of rotatable bonds is 8. The summed E-state index contributed by atoms with van der Waals surface area (Å²) in [5, 5.41) is 114. The SMILES string of the molecule is C[C@H]1O[C@@H](Oc2cc(O)c3c(=O)c(O[C@@H]4O[C@H](CO[C@H]5O[C@H](C)[C@@H](O)[C@H](O)[C@@H]5O)[C@H](O)[C@H](O)[C@H]4O)c(-c4ccc(O)cc4)oc3c2)[C@@H](O)[C@@H](O)[C@@H]1O. The van der Waals surface area contributed by atoms with E-state index in [-0.39, 0.29) is 28.4 Å². The van der Waals surface area contributed by atoms with E-state index in [0.29, 0.717) is 0 Å². The molecule has 4 heterocycles. The van der Waals surface area contributed by atoms with Gasteiger partial charge >= 0.3 is 0 Å². The highest BCUT2D eigenvalue weighted by atomic mass is 16.7. The Hall–Kier alpha value is -3.67. The number of phenolic OH excluding ortho intramolecular Hbond substituents is 2. The van der Waals surface area contributed by atoms with Crippen LogP contribution in [0.5, 0.6) is 23.0 Å². The number of fused-ring (bicyclic) bond motifs is 1. The second-order valence-electron chi connectivity index (χ2n) is 12.9. The van der Waals surface area contributed by atoms with E-state index in [1.165, 1.54) is 44.2 Å². The van der Waals surface area contributed by atoms with Crippen LogP contribution in [0.15, 0.2) is 45.6 Å². The Labute approximate surface area is 293 Å². The maximum atomic E-state index is 14.0. The molecule has 15 atom stereocenters. The molecule has 0 unspecified atom stereocenters. The summed E-state index contributed by atoms with van der Waals surface area (Å²) in [6.45, 7) is 2.25. The quantitative estimate of drug-likeness (QED) is 0.110. The fourth-order valence-corrected chi connectivity index (χ4v) is 6.09. The first-order valence-electron chi connectivity index (χ1n) is 16.2. The minimum Gasteiger partial charge on any atom is -0.508 e. The van der Waals surface area contributed by atoms with Gasteiger partial charge in [0, 0.05) is 17.7 Å². The van der Waals surface area contributed by atoms with Gasteiger partial charge in [0.1, 0.15) is 89.3 Å². The molecule has 0 bridgehead atoms. The number of aliphatic hydroxyl groups is 9. The van der Waals surface area contributed by atoms with Gasteiger partial charge in [0.15, 0.2) is 12.1 Å². The standard InChI is InChI=1S/C33H40O19/c1-10-19(36)23(40)26(43)31(47-10)46-9-17-21(38)25(42)28(45)33(51-17)52-30-22(39)18-15(35)7-14(49-32-27(44)24(41)20(37)11(2)48-32)8-16(18)50-29(30)12-3-5-13(34)6-4-12/h3-8,10-11,17,19-21,23-28,31-38,40-45H,9H2,1-2H3/t10-,11-,17-,19-,20-,21+,23+,24+,25+,26+,27+,28-,31+,32+,33+/m1/s1. The molecule has 3 aromatic rings. The second-order valence-corrected chi connectivity index (χ2v) is 12.9. The Bertz CT molecular complexity index is 1770. The highest BCUT2D eigenvalue weighted by Gasteiger charge is 2.48. The van der Waals surface area contributed by atoms with E-state index in [4.69, 9.17) is 32.8 Å². The van der Waals surface area contributed by atoms with Crippen molar-refractivity contribution in [3.63, 3.8) is 0 Å². The molecule has 3 aliphatic rings. The smallest absolute Gasteiger partial charge is 0.239 e. The molecule has 1 aromatic heterocycles. The third kappa shape index (κ3) is 7.16. The predicted molar refractivity (Wildman–Crippen MR) is 170 cm³/mol. The number of hydrogen-bond donors (Lipinski definition) is 11. The Balaban J connectivity index is 1.32. The van der Waals surface area contributed by atoms with E-state index in [1.54, 1.807) is 0 Å². The number of aliphatic hydroxyl groups excluding tert-OH is 9. The van der Waals surface area contributed by atoms with Gasteiger partial charge < -0.3 is 89.0 Å². The van der Waals surface area contributed by atoms with Gasteiger partial charge in [0.05, 0.1) is 18.8 Å². The number of phenols is 2. The largest absolute Gasteiger partial charge is 0.508 e. The van der Waals surface area contributed by atoms with Crippen molar-refractivity contribution >= 4 is 11.0 Å². The summed E-state index contributed by atoms with van der Waals surface area (Å²) in [4.78, 5) is 14.0. The molecule has 19 heteroatoms. The summed E-state index contributed by atoms with van der Waals surface area (Å²) in [5.41, 5.74) is -1.16. The third-order valence-corrected chi connectivity index (χ3v) is 9.23. The fourth-order valence-electron chi connectivity index (χ4n) is 6.09. The van der Waals surface area contributed by atoms with Crippen molar-refractivity contribution in [1.29, 1.82) is 0 Å². The van der Waals surface area contributed by atoms with E-state index in [1.807, 2.05) is 0 Å². The van der Waals surface area contributed by atoms with Crippen LogP contribution >= 0.6 is 0 Å². The zero-order chi connectivity index (χ0) is 37.8. The van der Waals surface area contributed by atoms with E-state index < -0.39 is 121 Å². The first-order chi connectivity index (χ1) is 24.6. The van der Waals surface area contributed by atoms with E-state index >= 15 is 0 Å². The van der Waals surface area contributed by atoms with Gasteiger partial charge in [0.2, 0.25) is 23.8 Å². The van der Waals surface area contributed by atoms with Crippen molar-refractivity contribution in [2.75, 3.05) is 6.61 Å². The van der Waals surface area contributed by atoms with Gasteiger partial charge in [-0.2, -0.15) is 0 Å². The van der Waals surface area contributed by atoms with Crippen molar-refractivity contribution in [1.82, 2.24) is 0 Å². The Morgan fingerprint density at radius 2 is 1.17 bits per heavy atom. The zero-order valence-corrected chi connectivity index (χ0v) is 27.5. The molecular weight excluding hydrogens is 700 g/mol. The van der Waals surface area contributed by atoms with Crippen LogP contribution in [0.2, 0.25) is 0 Å². The monoisotopic (exact) mass is 740 g/mol. The summed E-state index contributed by atoms with van der Waals surface area (Å²) in [6, 6.07) is 7.38. The minimum absolute atomic E-state index is 0.138. The Morgan fingerprint density at radius 3 is 1.79 bits per heavy atom. The predicted octanol–water partition coefficient (Wildman–Crippen LogP) is -2.89. The maximum absolute atomic E-state index is 14.0. The van der Waals surface area contributed by atoms with E-state index in [2.05, 4.69) is 0 Å². The lowest BCUT2D eigenvalue weighted by Gasteiger charge is -2.42. The van der Waals surface area contributed by atoms with Crippen LogP contribution in [0.4, 0.5) is 0 Å². The molecule has 11 N–H and O–H groups in total. The molecule has 0 amide bonds. The molecular formula is C33H40O19. The number of hydrogen-bond acceptors (Lipinski definition) is 19. The molecule has 286 valence electrons. The number of ether oxygens (including phenoxy) is 6. The molecule has 2 aromatic carbocycles. The molecule has 0 saturated carbocycles. The van der Waals surface area contributed by atoms with Crippen molar-refractivity contribution < 1.29 is 89.0 Å². The lowest BCUT2D eigenvalue weighted by molar-refractivity contribution is -0.318. The second kappa shape index (κ2) is 15.0. The van der Waals surface area contributed by atoms with Crippen molar-refractivity contribution in [3.05, 3.63) is 46.6 Å². The van der Waals surface area contributed by atoms with Crippen LogP contribution in [0.1, 0.15) is 13.8 Å². The van der Waals surface area contributed by atoms with E-state index in [9.17, 15) is 61.0 Å². The van der Waals surface area contributed by atoms with Crippen molar-refractivity contribution in [2.45, 2.75) is 106 Å². The number of benzene rings is 2. The normalized spacial score (nSPS) is 38.2. The van der Waals surface area contributed by atoms with Crippen LogP contribution in [0.3, 0.4) is 0 Å². The highest BCUT2D eigenvalue weighted by molar-refractivity contribution is 5.88. The number of aromatic hydroxyl groups is 2. The fraction of sp³-hybridized carbons (Fsp3) is 0.545. The third-order valence-electron chi connectivity index (χ3n) is 9.23. The van der Waals surface area contributed by atoms with Gasteiger partial charge in [-0.1, -0.05) is 0 Å². The van der Waals surface area contributed by atoms with Gasteiger partial charge in [-0.15, -0.1) is 0 Å². The summed E-state index contributed by atoms with van der Waals surface area (Å²) >= 11 is 0. The molecule has 0 aliphatic carbocycles. The molecule has 0 spiro atoms. The van der Waals surface area contributed by atoms with Crippen LogP contribution in [-0.4, -0.2) is 155 Å². The van der Waals surface area contributed by atoms with Crippen LogP contribution < -0.4 is 14.9 Å². The van der Waals surface area contributed by atoms with Crippen LogP contribution in [0, 0.1) is 0 Å². The molecule has 19 nitrogen and oxygen atoms in total. The molecule has 3 aliphatic heterocycles. The Kier molecular flexibility index (Phi) is 11.0. The van der Waals surface area contributed by atoms with Crippen LogP contribution in [0.25, 0.3) is 22.3 Å².